The van der Waals surface area contributed by atoms with Crippen LogP contribution in [-0.2, 0) is 28.2 Å². The van der Waals surface area contributed by atoms with Crippen LogP contribution in [0.15, 0.2) is 48.6 Å². The summed E-state index contributed by atoms with van der Waals surface area (Å²) in [7, 11) is -4.77. The number of phosphoric ester groups is 1. The standard InChI is InChI=1S/C35H61O9P/c1-4-5-25-32(36)26-21-17-12-10-8-6-7-9-11-13-19-23-28-35(38)44-33(30-43-45(39,40)41)29-42-34(37)27-22-18-15-14-16-20-24-31(2)3/h6-7,10-13,21,26,31-33,36H,4-5,8-9,14-20,22-25,27-30H2,1-3H3,(H2,39,40,41)/b7-6-,12-10-,13-11-,26-21-/t32-,33-/m1/s1. The van der Waals surface area contributed by atoms with E-state index in [1.54, 1.807) is 0 Å². The average Bonchev–Trinajstić information content (AvgIpc) is 2.98. The van der Waals surface area contributed by atoms with Crippen LogP contribution in [0, 0.1) is 5.92 Å². The highest BCUT2D eigenvalue weighted by molar-refractivity contribution is 7.46. The van der Waals surface area contributed by atoms with Gasteiger partial charge in [-0.1, -0.05) is 121 Å². The predicted molar refractivity (Wildman–Crippen MR) is 180 cm³/mol. The molecule has 0 spiro atoms. The van der Waals surface area contributed by atoms with E-state index in [9.17, 15) is 19.3 Å². The van der Waals surface area contributed by atoms with Crippen molar-refractivity contribution >= 4 is 19.8 Å². The van der Waals surface area contributed by atoms with E-state index >= 15 is 0 Å². The van der Waals surface area contributed by atoms with Crippen LogP contribution in [-0.4, -0.2) is 52.3 Å². The summed E-state index contributed by atoms with van der Waals surface area (Å²) in [4.78, 5) is 42.4. The number of ether oxygens (including phenoxy) is 2. The maximum atomic E-state index is 12.3. The van der Waals surface area contributed by atoms with E-state index in [0.717, 1.165) is 63.7 Å². The molecular formula is C35H61O9P. The minimum Gasteiger partial charge on any atom is -0.462 e. The predicted octanol–water partition coefficient (Wildman–Crippen LogP) is 8.44. The third-order valence-electron chi connectivity index (χ3n) is 6.85. The van der Waals surface area contributed by atoms with Crippen molar-refractivity contribution in [1.29, 1.82) is 0 Å². The van der Waals surface area contributed by atoms with Gasteiger partial charge in [-0.15, -0.1) is 0 Å². The molecule has 0 bridgehead atoms. The lowest BCUT2D eigenvalue weighted by atomic mass is 10.0. The Morgan fingerprint density at radius 2 is 1.29 bits per heavy atom. The summed E-state index contributed by atoms with van der Waals surface area (Å²) in [6, 6.07) is 0. The van der Waals surface area contributed by atoms with Crippen LogP contribution in [0.25, 0.3) is 0 Å². The van der Waals surface area contributed by atoms with Crippen molar-refractivity contribution in [3.8, 4) is 0 Å². The first-order chi connectivity index (χ1) is 21.5. The first-order valence-electron chi connectivity index (χ1n) is 16.9. The minimum atomic E-state index is -4.77. The van der Waals surface area contributed by atoms with E-state index in [1.165, 1.54) is 19.3 Å². The fourth-order valence-corrected chi connectivity index (χ4v) is 4.63. The van der Waals surface area contributed by atoms with E-state index in [-0.39, 0.29) is 25.6 Å². The Morgan fingerprint density at radius 3 is 1.91 bits per heavy atom. The van der Waals surface area contributed by atoms with Crippen LogP contribution in [0.5, 0.6) is 0 Å². The number of unbranched alkanes of at least 4 members (excludes halogenated alkanes) is 7. The number of hydrogen-bond donors (Lipinski definition) is 3. The fourth-order valence-electron chi connectivity index (χ4n) is 4.27. The van der Waals surface area contributed by atoms with Gasteiger partial charge >= 0.3 is 19.8 Å². The number of esters is 2. The summed E-state index contributed by atoms with van der Waals surface area (Å²) in [6.45, 7) is 5.67. The second-order valence-electron chi connectivity index (χ2n) is 11.8. The van der Waals surface area contributed by atoms with Crippen molar-refractivity contribution in [1.82, 2.24) is 0 Å². The van der Waals surface area contributed by atoms with E-state index in [2.05, 4.69) is 49.6 Å². The smallest absolute Gasteiger partial charge is 0.462 e. The lowest BCUT2D eigenvalue weighted by molar-refractivity contribution is -0.161. The Hall–Kier alpha value is -2.03. The van der Waals surface area contributed by atoms with E-state index < -0.39 is 32.5 Å². The van der Waals surface area contributed by atoms with Crippen LogP contribution < -0.4 is 0 Å². The summed E-state index contributed by atoms with van der Waals surface area (Å²) < 4.78 is 26.1. The van der Waals surface area contributed by atoms with Crippen molar-refractivity contribution in [2.75, 3.05) is 13.2 Å². The molecule has 0 aliphatic rings. The Labute approximate surface area is 272 Å². The van der Waals surface area contributed by atoms with Gasteiger partial charge in [-0.05, 0) is 50.9 Å². The average molecular weight is 657 g/mol. The number of aliphatic hydroxyl groups is 1. The topological polar surface area (TPSA) is 140 Å². The first-order valence-corrected chi connectivity index (χ1v) is 18.4. The third kappa shape index (κ3) is 33.2. The highest BCUT2D eigenvalue weighted by Crippen LogP contribution is 2.35. The van der Waals surface area contributed by atoms with Crippen molar-refractivity contribution in [3.63, 3.8) is 0 Å². The van der Waals surface area contributed by atoms with Gasteiger partial charge in [-0.3, -0.25) is 14.1 Å². The summed E-state index contributed by atoms with van der Waals surface area (Å²) >= 11 is 0. The second kappa shape index (κ2) is 29.4. The largest absolute Gasteiger partial charge is 0.469 e. The number of hydrogen-bond acceptors (Lipinski definition) is 7. The number of rotatable bonds is 29. The quantitative estimate of drug-likeness (QED) is 0.0313. The van der Waals surface area contributed by atoms with Gasteiger partial charge in [0, 0.05) is 12.8 Å². The summed E-state index contributed by atoms with van der Waals surface area (Å²) in [5, 5.41) is 9.76. The van der Waals surface area contributed by atoms with Crippen molar-refractivity contribution < 1.29 is 43.0 Å². The highest BCUT2D eigenvalue weighted by atomic mass is 31.2. The molecular weight excluding hydrogens is 595 g/mol. The van der Waals surface area contributed by atoms with Gasteiger partial charge in [0.2, 0.25) is 0 Å². The Kier molecular flexibility index (Phi) is 28.1. The molecule has 0 aromatic heterocycles. The molecule has 0 aromatic rings. The molecule has 0 saturated carbocycles. The molecule has 0 radical (unpaired) electrons. The van der Waals surface area contributed by atoms with Gasteiger partial charge in [0.05, 0.1) is 12.7 Å². The van der Waals surface area contributed by atoms with Gasteiger partial charge in [0.25, 0.3) is 0 Å². The molecule has 260 valence electrons. The third-order valence-corrected chi connectivity index (χ3v) is 7.33. The zero-order chi connectivity index (χ0) is 33.6. The van der Waals surface area contributed by atoms with Crippen LogP contribution in [0.3, 0.4) is 0 Å². The Bertz CT molecular complexity index is 905. The SMILES string of the molecule is CCCC[C@@H](O)/C=C\C/C=C\C/C=C\C/C=C\CCCC(=O)O[C@H](COC(=O)CCCCCCCCC(C)C)COP(=O)(O)O. The van der Waals surface area contributed by atoms with Gasteiger partial charge in [0.15, 0.2) is 6.10 Å². The van der Waals surface area contributed by atoms with E-state index in [4.69, 9.17) is 19.3 Å². The molecule has 9 nitrogen and oxygen atoms in total. The molecule has 0 fully saturated rings. The van der Waals surface area contributed by atoms with Gasteiger partial charge in [-0.2, -0.15) is 0 Å². The van der Waals surface area contributed by atoms with Gasteiger partial charge < -0.3 is 24.4 Å². The van der Waals surface area contributed by atoms with Crippen molar-refractivity contribution in [2.45, 2.75) is 142 Å². The Morgan fingerprint density at radius 1 is 0.711 bits per heavy atom. The number of carbonyl (C=O) groups is 2. The van der Waals surface area contributed by atoms with Gasteiger partial charge in [0.1, 0.15) is 6.61 Å². The van der Waals surface area contributed by atoms with Crippen LogP contribution >= 0.6 is 7.82 Å². The molecule has 0 saturated heterocycles. The molecule has 0 aliphatic heterocycles. The van der Waals surface area contributed by atoms with Crippen molar-refractivity contribution in [3.05, 3.63) is 48.6 Å². The monoisotopic (exact) mass is 656 g/mol. The van der Waals surface area contributed by atoms with Crippen LogP contribution in [0.1, 0.15) is 130 Å². The molecule has 0 heterocycles. The van der Waals surface area contributed by atoms with Crippen LogP contribution in [0.4, 0.5) is 0 Å². The summed E-state index contributed by atoms with van der Waals surface area (Å²) in [5.41, 5.74) is 0. The molecule has 10 heteroatoms. The molecule has 3 N–H and O–H groups in total. The normalized spacial score (nSPS) is 13.9. The minimum absolute atomic E-state index is 0.118. The lowest BCUT2D eigenvalue weighted by Gasteiger charge is -2.18. The molecule has 45 heavy (non-hydrogen) atoms. The zero-order valence-corrected chi connectivity index (χ0v) is 28.9. The maximum absolute atomic E-state index is 12.3. The molecule has 2 atom stereocenters. The maximum Gasteiger partial charge on any atom is 0.469 e. The lowest BCUT2D eigenvalue weighted by Crippen LogP contribution is -2.29. The number of carbonyl (C=O) groups excluding carboxylic acids is 2. The molecule has 0 amide bonds. The summed E-state index contributed by atoms with van der Waals surface area (Å²) in [5.74, 6) is -0.257. The number of allylic oxidation sites excluding steroid dienone is 7. The molecule has 0 aliphatic carbocycles. The van der Waals surface area contributed by atoms with E-state index in [1.807, 2.05) is 24.3 Å². The zero-order valence-electron chi connectivity index (χ0n) is 28.0. The molecule has 0 aromatic carbocycles. The molecule has 0 unspecified atom stereocenters. The fraction of sp³-hybridized carbons (Fsp3) is 0.714. The number of aliphatic hydroxyl groups excluding tert-OH is 1. The van der Waals surface area contributed by atoms with Crippen molar-refractivity contribution in [2.24, 2.45) is 5.92 Å². The first kappa shape index (κ1) is 43.0. The van der Waals surface area contributed by atoms with Gasteiger partial charge in [-0.25, -0.2) is 4.57 Å². The van der Waals surface area contributed by atoms with Crippen LogP contribution in [0.2, 0.25) is 0 Å². The Balaban J connectivity index is 4.18. The number of phosphoric acid groups is 1. The second-order valence-corrected chi connectivity index (χ2v) is 13.0. The molecule has 0 rings (SSSR count). The highest BCUT2D eigenvalue weighted by Gasteiger charge is 2.22. The van der Waals surface area contributed by atoms with E-state index in [0.29, 0.717) is 19.3 Å². The summed E-state index contributed by atoms with van der Waals surface area (Å²) in [6.07, 6.45) is 29.2.